The van der Waals surface area contributed by atoms with Crippen LogP contribution in [0.2, 0.25) is 0 Å². The molecule has 0 unspecified atom stereocenters. The lowest BCUT2D eigenvalue weighted by Crippen LogP contribution is -2.33. The number of rotatable bonds is 6. The summed E-state index contributed by atoms with van der Waals surface area (Å²) in [5.74, 6) is 0.306. The second kappa shape index (κ2) is 8.45. The summed E-state index contributed by atoms with van der Waals surface area (Å²) < 4.78 is 18.6. The largest absolute Gasteiger partial charge is 0.484 e. The first-order valence-electron chi connectivity index (χ1n) is 9.58. The van der Waals surface area contributed by atoms with Crippen LogP contribution in [0.5, 0.6) is 5.75 Å². The van der Waals surface area contributed by atoms with E-state index in [0.717, 1.165) is 16.8 Å². The van der Waals surface area contributed by atoms with Gasteiger partial charge in [-0.05, 0) is 41.5 Å². The number of benzene rings is 2. The Hall–Kier alpha value is -3.19. The second-order valence-corrected chi connectivity index (χ2v) is 7.21. The van der Waals surface area contributed by atoms with Gasteiger partial charge in [-0.25, -0.2) is 4.39 Å². The summed E-state index contributed by atoms with van der Waals surface area (Å²) in [6, 6.07) is 15.8. The van der Waals surface area contributed by atoms with Gasteiger partial charge in [0.25, 0.3) is 5.91 Å². The summed E-state index contributed by atoms with van der Waals surface area (Å²) in [5.41, 5.74) is 8.95. The normalized spacial score (nSPS) is 18.8. The number of ether oxygens (including phenoxy) is 1. The van der Waals surface area contributed by atoms with Crippen molar-refractivity contribution in [3.63, 3.8) is 0 Å². The fraction of sp³-hybridized carbons (Fsp3) is 0.273. The first-order valence-corrected chi connectivity index (χ1v) is 9.58. The maximum atomic E-state index is 13.0. The van der Waals surface area contributed by atoms with E-state index in [0.29, 0.717) is 25.4 Å². The fourth-order valence-corrected chi connectivity index (χ4v) is 3.80. The highest BCUT2D eigenvalue weighted by Crippen LogP contribution is 2.39. The molecule has 150 valence electrons. The van der Waals surface area contributed by atoms with E-state index in [1.807, 2.05) is 23.1 Å². The number of nitrogens with zero attached hydrogens (tertiary/aromatic N) is 2. The molecule has 1 amide bonds. The summed E-state index contributed by atoms with van der Waals surface area (Å²) in [6.07, 6.45) is 1.73. The molecule has 7 heteroatoms. The van der Waals surface area contributed by atoms with Crippen molar-refractivity contribution in [2.24, 2.45) is 5.73 Å². The van der Waals surface area contributed by atoms with Crippen molar-refractivity contribution in [3.8, 4) is 5.75 Å². The molecule has 2 aromatic carbocycles. The van der Waals surface area contributed by atoms with Crippen LogP contribution in [-0.4, -0.2) is 40.7 Å². The fourth-order valence-electron chi connectivity index (χ4n) is 3.80. The Kier molecular flexibility index (Phi) is 5.57. The summed E-state index contributed by atoms with van der Waals surface area (Å²) in [5, 5.41) is 7.12. The van der Waals surface area contributed by atoms with Gasteiger partial charge in [0.2, 0.25) is 0 Å². The van der Waals surface area contributed by atoms with Gasteiger partial charge in [-0.15, -0.1) is 0 Å². The maximum Gasteiger partial charge on any atom is 0.260 e. The molecule has 0 aliphatic carbocycles. The van der Waals surface area contributed by atoms with E-state index in [-0.39, 0.29) is 30.2 Å². The summed E-state index contributed by atoms with van der Waals surface area (Å²) in [4.78, 5) is 14.6. The molecule has 29 heavy (non-hydrogen) atoms. The van der Waals surface area contributed by atoms with Gasteiger partial charge in [0.1, 0.15) is 11.6 Å². The quantitative estimate of drug-likeness (QED) is 0.673. The molecule has 1 aliphatic heterocycles. The Morgan fingerprint density at radius 1 is 1.10 bits per heavy atom. The minimum Gasteiger partial charge on any atom is -0.484 e. The van der Waals surface area contributed by atoms with Crippen LogP contribution in [0.3, 0.4) is 0 Å². The third kappa shape index (κ3) is 4.30. The van der Waals surface area contributed by atoms with Crippen LogP contribution >= 0.6 is 0 Å². The molecule has 4 rings (SSSR count). The number of amides is 1. The Morgan fingerprint density at radius 3 is 2.48 bits per heavy atom. The van der Waals surface area contributed by atoms with E-state index < -0.39 is 0 Å². The average molecular weight is 394 g/mol. The third-order valence-electron chi connectivity index (χ3n) is 5.41. The Balaban J connectivity index is 1.48. The highest BCUT2D eigenvalue weighted by molar-refractivity contribution is 5.78. The van der Waals surface area contributed by atoms with Gasteiger partial charge in [-0.1, -0.05) is 24.3 Å². The number of nitrogens with one attached hydrogen (secondary N) is 1. The lowest BCUT2D eigenvalue weighted by atomic mass is 9.86. The molecule has 0 spiro atoms. The zero-order valence-corrected chi connectivity index (χ0v) is 15.9. The number of likely N-dealkylation sites (tertiary alicyclic amines) is 1. The van der Waals surface area contributed by atoms with Gasteiger partial charge in [-0.2, -0.15) is 5.10 Å². The molecule has 1 aromatic heterocycles. The summed E-state index contributed by atoms with van der Waals surface area (Å²) in [6.45, 7) is 1.59. The van der Waals surface area contributed by atoms with Crippen molar-refractivity contribution < 1.29 is 13.9 Å². The monoisotopic (exact) mass is 394 g/mol. The van der Waals surface area contributed by atoms with Crippen molar-refractivity contribution >= 4 is 5.91 Å². The van der Waals surface area contributed by atoms with Crippen molar-refractivity contribution in [1.29, 1.82) is 0 Å². The third-order valence-corrected chi connectivity index (χ3v) is 5.41. The Morgan fingerprint density at radius 2 is 1.83 bits per heavy atom. The maximum absolute atomic E-state index is 13.0. The SMILES string of the molecule is NCc1ccc([C@@H]2CN(C(=O)COc3ccc(F)cc3)C[C@H]2c2ccn[nH]2)cc1. The second-order valence-electron chi connectivity index (χ2n) is 7.21. The first kappa shape index (κ1) is 19.1. The number of nitrogens with two attached hydrogens (primary N) is 1. The molecular weight excluding hydrogens is 371 g/mol. The highest BCUT2D eigenvalue weighted by atomic mass is 19.1. The number of H-pyrrole nitrogens is 1. The van der Waals surface area contributed by atoms with E-state index in [1.165, 1.54) is 24.3 Å². The number of aromatic amines is 1. The van der Waals surface area contributed by atoms with E-state index in [1.54, 1.807) is 6.20 Å². The lowest BCUT2D eigenvalue weighted by molar-refractivity contribution is -0.132. The zero-order valence-electron chi connectivity index (χ0n) is 15.9. The van der Waals surface area contributed by atoms with Gasteiger partial charge in [0.15, 0.2) is 6.61 Å². The topological polar surface area (TPSA) is 84.2 Å². The average Bonchev–Trinajstić information content (AvgIpc) is 3.43. The van der Waals surface area contributed by atoms with Crippen LogP contribution in [0.25, 0.3) is 0 Å². The predicted octanol–water partition coefficient (Wildman–Crippen LogP) is 2.80. The van der Waals surface area contributed by atoms with Crippen molar-refractivity contribution in [1.82, 2.24) is 15.1 Å². The smallest absolute Gasteiger partial charge is 0.260 e. The van der Waals surface area contributed by atoms with Gasteiger partial charge in [0.05, 0.1) is 0 Å². The number of aromatic nitrogens is 2. The molecular formula is C22H23FN4O2. The first-order chi connectivity index (χ1) is 14.1. The van der Waals surface area contributed by atoms with Crippen LogP contribution in [-0.2, 0) is 11.3 Å². The van der Waals surface area contributed by atoms with Gasteiger partial charge in [0, 0.05) is 43.4 Å². The van der Waals surface area contributed by atoms with Crippen LogP contribution in [0.15, 0.2) is 60.8 Å². The molecule has 0 bridgehead atoms. The highest BCUT2D eigenvalue weighted by Gasteiger charge is 2.37. The molecule has 0 radical (unpaired) electrons. The molecule has 1 fully saturated rings. The van der Waals surface area contributed by atoms with Gasteiger partial charge in [-0.3, -0.25) is 9.89 Å². The van der Waals surface area contributed by atoms with Crippen molar-refractivity contribution in [3.05, 3.63) is 83.4 Å². The van der Waals surface area contributed by atoms with E-state index >= 15 is 0 Å². The molecule has 0 saturated carbocycles. The minimum absolute atomic E-state index is 0.0832. The standard InChI is InChI=1S/C22H23FN4O2/c23-17-5-7-18(8-6-17)29-14-22(28)27-12-19(16-3-1-15(11-24)2-4-16)20(13-27)21-9-10-25-26-21/h1-10,19-20H,11-14,24H2,(H,25,26)/t19-,20+/m0/s1. The molecule has 1 aliphatic rings. The van der Waals surface area contributed by atoms with E-state index in [4.69, 9.17) is 10.5 Å². The van der Waals surface area contributed by atoms with Gasteiger partial charge < -0.3 is 15.4 Å². The van der Waals surface area contributed by atoms with Crippen LogP contribution in [0, 0.1) is 5.82 Å². The number of halogens is 1. The molecule has 6 nitrogen and oxygen atoms in total. The van der Waals surface area contributed by atoms with Crippen LogP contribution < -0.4 is 10.5 Å². The number of carbonyl (C=O) groups is 1. The lowest BCUT2D eigenvalue weighted by Gasteiger charge is -2.17. The summed E-state index contributed by atoms with van der Waals surface area (Å²) in [7, 11) is 0. The van der Waals surface area contributed by atoms with Crippen molar-refractivity contribution in [2.75, 3.05) is 19.7 Å². The van der Waals surface area contributed by atoms with Crippen molar-refractivity contribution in [2.45, 2.75) is 18.4 Å². The van der Waals surface area contributed by atoms with E-state index in [9.17, 15) is 9.18 Å². The number of hydrogen-bond acceptors (Lipinski definition) is 4. The molecule has 2 atom stereocenters. The molecule has 2 heterocycles. The van der Waals surface area contributed by atoms with E-state index in [2.05, 4.69) is 22.3 Å². The predicted molar refractivity (Wildman–Crippen MR) is 107 cm³/mol. The number of carbonyl (C=O) groups excluding carboxylic acids is 1. The Labute approximate surface area is 168 Å². The zero-order chi connectivity index (χ0) is 20.2. The molecule has 3 N–H and O–H groups in total. The van der Waals surface area contributed by atoms with Crippen LogP contribution in [0.1, 0.15) is 28.7 Å². The minimum atomic E-state index is -0.339. The molecule has 3 aromatic rings. The number of hydrogen-bond donors (Lipinski definition) is 2. The molecule has 1 saturated heterocycles. The Bertz CT molecular complexity index is 942. The van der Waals surface area contributed by atoms with Gasteiger partial charge >= 0.3 is 0 Å². The van der Waals surface area contributed by atoms with Crippen LogP contribution in [0.4, 0.5) is 4.39 Å². The summed E-state index contributed by atoms with van der Waals surface area (Å²) >= 11 is 0.